The lowest BCUT2D eigenvalue weighted by Crippen LogP contribution is -2.23. The highest BCUT2D eigenvalue weighted by atomic mass is 16.2. The van der Waals surface area contributed by atoms with E-state index >= 15 is 0 Å². The Morgan fingerprint density at radius 3 is 2.50 bits per heavy atom. The van der Waals surface area contributed by atoms with Gasteiger partial charge < -0.3 is 16.4 Å². The number of para-hydroxylation sites is 1. The molecule has 1 heterocycles. The van der Waals surface area contributed by atoms with Crippen LogP contribution < -0.4 is 16.4 Å². The molecule has 0 spiro atoms. The number of nitrogens with zero attached hydrogens (tertiary/aromatic N) is 1. The number of nitrogens with two attached hydrogens (primary N) is 1. The standard InChI is InChI=1S/C18H16N4O2/c19-18(24)22-14-8-6-12(7-9-14)11-21-17(23)15-5-1-3-13-4-2-10-20-16(13)15/h1-10H,11H2,(H,21,23)(H3,19,22,24). The van der Waals surface area contributed by atoms with Crippen LogP contribution in [0.3, 0.4) is 0 Å². The number of rotatable bonds is 4. The molecule has 0 unspecified atom stereocenters. The second-order valence-corrected chi connectivity index (χ2v) is 5.25. The highest BCUT2D eigenvalue weighted by Crippen LogP contribution is 2.16. The van der Waals surface area contributed by atoms with Gasteiger partial charge in [0.15, 0.2) is 0 Å². The molecule has 0 atom stereocenters. The molecule has 3 amide bonds. The van der Waals surface area contributed by atoms with Crippen molar-refractivity contribution in [2.75, 3.05) is 5.32 Å². The maximum atomic E-state index is 12.4. The van der Waals surface area contributed by atoms with Gasteiger partial charge in [-0.1, -0.05) is 30.3 Å². The zero-order valence-corrected chi connectivity index (χ0v) is 12.8. The number of amides is 3. The third kappa shape index (κ3) is 3.49. The first-order chi connectivity index (χ1) is 11.6. The maximum absolute atomic E-state index is 12.4. The Bertz CT molecular complexity index is 886. The van der Waals surface area contributed by atoms with Crippen molar-refractivity contribution in [1.29, 1.82) is 0 Å². The predicted octanol–water partition coefficient (Wildman–Crippen LogP) is 2.66. The average Bonchev–Trinajstić information content (AvgIpc) is 2.60. The average molecular weight is 320 g/mol. The van der Waals surface area contributed by atoms with Gasteiger partial charge in [-0.05, 0) is 29.8 Å². The van der Waals surface area contributed by atoms with E-state index in [9.17, 15) is 9.59 Å². The van der Waals surface area contributed by atoms with Gasteiger partial charge in [0, 0.05) is 23.8 Å². The summed E-state index contributed by atoms with van der Waals surface area (Å²) in [5, 5.41) is 6.29. The molecule has 3 rings (SSSR count). The normalized spacial score (nSPS) is 10.3. The minimum absolute atomic E-state index is 0.182. The highest BCUT2D eigenvalue weighted by molar-refractivity contribution is 6.05. The SMILES string of the molecule is NC(=O)Nc1ccc(CNC(=O)c2cccc3cccnc23)cc1. The zero-order chi connectivity index (χ0) is 16.9. The molecule has 4 N–H and O–H groups in total. The Morgan fingerprint density at radius 2 is 1.75 bits per heavy atom. The van der Waals surface area contributed by atoms with E-state index in [1.807, 2.05) is 36.4 Å². The van der Waals surface area contributed by atoms with Crippen LogP contribution in [-0.2, 0) is 6.54 Å². The van der Waals surface area contributed by atoms with Crippen LogP contribution in [0, 0.1) is 0 Å². The molecule has 0 saturated heterocycles. The molecule has 6 nitrogen and oxygen atoms in total. The fraction of sp³-hybridized carbons (Fsp3) is 0.0556. The lowest BCUT2D eigenvalue weighted by Gasteiger charge is -2.08. The number of fused-ring (bicyclic) bond motifs is 1. The van der Waals surface area contributed by atoms with Crippen LogP contribution in [0.4, 0.5) is 10.5 Å². The van der Waals surface area contributed by atoms with E-state index in [0.29, 0.717) is 23.3 Å². The van der Waals surface area contributed by atoms with Crippen LogP contribution in [0.2, 0.25) is 0 Å². The van der Waals surface area contributed by atoms with Crippen LogP contribution in [-0.4, -0.2) is 16.9 Å². The number of aromatic nitrogens is 1. The number of anilines is 1. The van der Waals surface area contributed by atoms with Gasteiger partial charge in [-0.3, -0.25) is 9.78 Å². The molecule has 0 bridgehead atoms. The monoisotopic (exact) mass is 320 g/mol. The van der Waals surface area contributed by atoms with E-state index in [4.69, 9.17) is 5.73 Å². The first-order valence-corrected chi connectivity index (χ1v) is 7.41. The first kappa shape index (κ1) is 15.5. The molecule has 1 aromatic heterocycles. The van der Waals surface area contributed by atoms with Crippen LogP contribution >= 0.6 is 0 Å². The summed E-state index contributed by atoms with van der Waals surface area (Å²) in [6.45, 7) is 0.374. The summed E-state index contributed by atoms with van der Waals surface area (Å²) < 4.78 is 0. The van der Waals surface area contributed by atoms with Crippen LogP contribution in [0.5, 0.6) is 0 Å². The molecule has 24 heavy (non-hydrogen) atoms. The van der Waals surface area contributed by atoms with Gasteiger partial charge in [-0.15, -0.1) is 0 Å². The maximum Gasteiger partial charge on any atom is 0.316 e. The van der Waals surface area contributed by atoms with E-state index in [2.05, 4.69) is 15.6 Å². The van der Waals surface area contributed by atoms with Crippen LogP contribution in [0.1, 0.15) is 15.9 Å². The van der Waals surface area contributed by atoms with E-state index in [1.165, 1.54) is 0 Å². The number of benzene rings is 2. The van der Waals surface area contributed by atoms with E-state index in [0.717, 1.165) is 10.9 Å². The van der Waals surface area contributed by atoms with Crippen molar-refractivity contribution < 1.29 is 9.59 Å². The number of hydrogen-bond donors (Lipinski definition) is 3. The van der Waals surface area contributed by atoms with Crippen LogP contribution in [0.15, 0.2) is 60.8 Å². The summed E-state index contributed by atoms with van der Waals surface area (Å²) >= 11 is 0. The third-order valence-electron chi connectivity index (χ3n) is 3.55. The number of primary amides is 1. The first-order valence-electron chi connectivity index (χ1n) is 7.41. The topological polar surface area (TPSA) is 97.1 Å². The Morgan fingerprint density at radius 1 is 1.00 bits per heavy atom. The summed E-state index contributed by atoms with van der Waals surface area (Å²) in [6.07, 6.45) is 1.67. The number of nitrogens with one attached hydrogen (secondary N) is 2. The largest absolute Gasteiger partial charge is 0.351 e. The molecule has 120 valence electrons. The van der Waals surface area contributed by atoms with Gasteiger partial charge in [0.25, 0.3) is 5.91 Å². The molecule has 2 aromatic carbocycles. The fourth-order valence-electron chi connectivity index (χ4n) is 2.41. The Labute approximate surface area is 138 Å². The summed E-state index contributed by atoms with van der Waals surface area (Å²) in [7, 11) is 0. The van der Waals surface area contributed by atoms with Crippen molar-refractivity contribution >= 4 is 28.5 Å². The molecule has 0 radical (unpaired) electrons. The van der Waals surface area contributed by atoms with Crippen LogP contribution in [0.25, 0.3) is 10.9 Å². The molecule has 0 fully saturated rings. The molecular weight excluding hydrogens is 304 g/mol. The Hall–Kier alpha value is -3.41. The number of pyridine rings is 1. The van der Waals surface area contributed by atoms with Gasteiger partial charge in [-0.25, -0.2) is 4.79 Å². The van der Waals surface area contributed by atoms with Crippen molar-refractivity contribution in [3.8, 4) is 0 Å². The Balaban J connectivity index is 1.70. The second kappa shape index (κ2) is 6.78. The second-order valence-electron chi connectivity index (χ2n) is 5.25. The highest BCUT2D eigenvalue weighted by Gasteiger charge is 2.10. The number of hydrogen-bond acceptors (Lipinski definition) is 3. The lowest BCUT2D eigenvalue weighted by molar-refractivity contribution is 0.0952. The van der Waals surface area contributed by atoms with Gasteiger partial charge in [0.2, 0.25) is 0 Å². The molecule has 0 aliphatic rings. The molecule has 6 heteroatoms. The third-order valence-corrected chi connectivity index (χ3v) is 3.55. The quantitative estimate of drug-likeness (QED) is 0.689. The number of carbonyl (C=O) groups excluding carboxylic acids is 2. The van der Waals surface area contributed by atoms with Crippen molar-refractivity contribution in [3.63, 3.8) is 0 Å². The van der Waals surface area contributed by atoms with Gasteiger partial charge >= 0.3 is 6.03 Å². The van der Waals surface area contributed by atoms with Crippen molar-refractivity contribution in [1.82, 2.24) is 10.3 Å². The van der Waals surface area contributed by atoms with Crippen molar-refractivity contribution in [3.05, 3.63) is 71.9 Å². The summed E-state index contributed by atoms with van der Waals surface area (Å²) in [5.41, 5.74) is 7.79. The van der Waals surface area contributed by atoms with Gasteiger partial charge in [0.05, 0.1) is 11.1 Å². The van der Waals surface area contributed by atoms with Crippen molar-refractivity contribution in [2.45, 2.75) is 6.54 Å². The minimum Gasteiger partial charge on any atom is -0.351 e. The number of urea groups is 1. The van der Waals surface area contributed by atoms with E-state index in [1.54, 1.807) is 24.4 Å². The molecule has 0 aliphatic carbocycles. The fourth-order valence-corrected chi connectivity index (χ4v) is 2.41. The summed E-state index contributed by atoms with van der Waals surface area (Å²) in [6, 6.07) is 15.7. The smallest absolute Gasteiger partial charge is 0.316 e. The Kier molecular flexibility index (Phi) is 4.38. The lowest BCUT2D eigenvalue weighted by atomic mass is 10.1. The summed E-state index contributed by atoms with van der Waals surface area (Å²) in [4.78, 5) is 27.5. The molecular formula is C18H16N4O2. The summed E-state index contributed by atoms with van der Waals surface area (Å²) in [5.74, 6) is -0.182. The molecule has 3 aromatic rings. The van der Waals surface area contributed by atoms with Gasteiger partial charge in [-0.2, -0.15) is 0 Å². The van der Waals surface area contributed by atoms with Crippen molar-refractivity contribution in [2.24, 2.45) is 5.73 Å². The minimum atomic E-state index is -0.612. The number of carbonyl (C=O) groups is 2. The van der Waals surface area contributed by atoms with Gasteiger partial charge in [0.1, 0.15) is 0 Å². The predicted molar refractivity (Wildman–Crippen MR) is 92.6 cm³/mol. The molecule has 0 aliphatic heterocycles. The zero-order valence-electron chi connectivity index (χ0n) is 12.8. The van der Waals surface area contributed by atoms with E-state index < -0.39 is 6.03 Å². The molecule has 0 saturated carbocycles. The van der Waals surface area contributed by atoms with E-state index in [-0.39, 0.29) is 5.91 Å².